The highest BCUT2D eigenvalue weighted by molar-refractivity contribution is 7.89. The lowest BCUT2D eigenvalue weighted by molar-refractivity contribution is 0.0951. The predicted molar refractivity (Wildman–Crippen MR) is 92.7 cm³/mol. The smallest absolute Gasteiger partial charge is 0.253 e. The molecule has 0 spiro atoms. The molecular formula is C15H15Cl2N3O3S. The van der Waals surface area contributed by atoms with Crippen molar-refractivity contribution in [2.24, 2.45) is 0 Å². The monoisotopic (exact) mass is 387 g/mol. The van der Waals surface area contributed by atoms with Crippen LogP contribution in [0.5, 0.6) is 0 Å². The quantitative estimate of drug-likeness (QED) is 0.854. The van der Waals surface area contributed by atoms with Crippen LogP contribution in [0, 0.1) is 0 Å². The Bertz CT molecular complexity index is 856. The average Bonchev–Trinajstić information content (AvgIpc) is 2.53. The van der Waals surface area contributed by atoms with Crippen molar-refractivity contribution in [3.63, 3.8) is 0 Å². The molecule has 0 fully saturated rings. The van der Waals surface area contributed by atoms with Crippen molar-refractivity contribution in [2.75, 3.05) is 14.1 Å². The van der Waals surface area contributed by atoms with Gasteiger partial charge >= 0.3 is 0 Å². The van der Waals surface area contributed by atoms with E-state index in [2.05, 4.69) is 10.3 Å². The molecule has 1 heterocycles. The van der Waals surface area contributed by atoms with Crippen LogP contribution in [0.2, 0.25) is 10.0 Å². The fourth-order valence-electron chi connectivity index (χ4n) is 1.88. The van der Waals surface area contributed by atoms with Crippen LogP contribution in [0.3, 0.4) is 0 Å². The summed E-state index contributed by atoms with van der Waals surface area (Å²) in [6, 6.07) is 5.94. The SMILES string of the molecule is CN(C)S(=O)(=O)c1cc(C(=O)NCc2ccncc2)c(Cl)cc1Cl. The second-order valence-electron chi connectivity index (χ2n) is 5.09. The van der Waals surface area contributed by atoms with Crippen molar-refractivity contribution in [1.82, 2.24) is 14.6 Å². The molecule has 0 aliphatic heterocycles. The van der Waals surface area contributed by atoms with Gasteiger partial charge in [0.05, 0.1) is 15.6 Å². The van der Waals surface area contributed by atoms with Gasteiger partial charge in [-0.1, -0.05) is 23.2 Å². The number of sulfonamides is 1. The van der Waals surface area contributed by atoms with Crippen molar-refractivity contribution in [2.45, 2.75) is 11.4 Å². The molecule has 0 saturated heterocycles. The van der Waals surface area contributed by atoms with E-state index in [0.717, 1.165) is 9.87 Å². The summed E-state index contributed by atoms with van der Waals surface area (Å²) < 4.78 is 25.6. The molecule has 6 nitrogen and oxygen atoms in total. The predicted octanol–water partition coefficient (Wildman–Crippen LogP) is 2.57. The van der Waals surface area contributed by atoms with Crippen molar-refractivity contribution in [1.29, 1.82) is 0 Å². The van der Waals surface area contributed by atoms with Crippen molar-refractivity contribution in [3.05, 3.63) is 57.8 Å². The molecule has 0 aliphatic rings. The van der Waals surface area contributed by atoms with Gasteiger partial charge in [0.2, 0.25) is 10.0 Å². The zero-order valence-corrected chi connectivity index (χ0v) is 15.3. The number of pyridine rings is 1. The topological polar surface area (TPSA) is 79.4 Å². The molecule has 1 aromatic carbocycles. The normalized spacial score (nSPS) is 11.5. The third-order valence-electron chi connectivity index (χ3n) is 3.23. The zero-order valence-electron chi connectivity index (χ0n) is 13.0. The lowest BCUT2D eigenvalue weighted by Crippen LogP contribution is -2.25. The largest absolute Gasteiger partial charge is 0.348 e. The molecule has 0 unspecified atom stereocenters. The first-order chi connectivity index (χ1) is 11.2. The number of benzene rings is 1. The summed E-state index contributed by atoms with van der Waals surface area (Å²) in [6.45, 7) is 0.260. The maximum absolute atomic E-state index is 12.3. The van der Waals surface area contributed by atoms with Crippen LogP contribution < -0.4 is 5.32 Å². The van der Waals surface area contributed by atoms with Gasteiger partial charge in [-0.3, -0.25) is 9.78 Å². The number of hydrogen-bond acceptors (Lipinski definition) is 4. The van der Waals surface area contributed by atoms with Gasteiger partial charge in [-0.2, -0.15) is 0 Å². The minimum absolute atomic E-state index is 0.0375. The lowest BCUT2D eigenvalue weighted by atomic mass is 10.2. The first-order valence-electron chi connectivity index (χ1n) is 6.82. The molecule has 2 aromatic rings. The molecule has 128 valence electrons. The standard InChI is InChI=1S/C15H15Cl2N3O3S/c1-20(2)24(22,23)14-7-11(12(16)8-13(14)17)15(21)19-9-10-3-5-18-6-4-10/h3-8H,9H2,1-2H3,(H,19,21). The Kier molecular flexibility index (Phi) is 5.82. The number of carbonyl (C=O) groups excluding carboxylic acids is 1. The van der Waals surface area contributed by atoms with Crippen molar-refractivity contribution >= 4 is 39.1 Å². The van der Waals surface area contributed by atoms with Gasteiger partial charge in [-0.15, -0.1) is 0 Å². The van der Waals surface area contributed by atoms with Crippen LogP contribution in [-0.2, 0) is 16.6 Å². The molecule has 0 radical (unpaired) electrons. The van der Waals surface area contributed by atoms with Crippen LogP contribution in [0.4, 0.5) is 0 Å². The molecule has 1 amide bonds. The van der Waals surface area contributed by atoms with E-state index in [0.29, 0.717) is 0 Å². The fraction of sp³-hybridized carbons (Fsp3) is 0.200. The van der Waals surface area contributed by atoms with E-state index < -0.39 is 15.9 Å². The Morgan fingerprint density at radius 3 is 2.38 bits per heavy atom. The Balaban J connectivity index is 2.31. The van der Waals surface area contributed by atoms with Crippen LogP contribution in [0.1, 0.15) is 15.9 Å². The molecular weight excluding hydrogens is 373 g/mol. The molecule has 1 aromatic heterocycles. The maximum Gasteiger partial charge on any atom is 0.253 e. The second kappa shape index (κ2) is 7.48. The molecule has 9 heteroatoms. The summed E-state index contributed by atoms with van der Waals surface area (Å²) in [5.41, 5.74) is 0.889. The van der Waals surface area contributed by atoms with Crippen LogP contribution in [0.25, 0.3) is 0 Å². The number of carbonyl (C=O) groups is 1. The summed E-state index contributed by atoms with van der Waals surface area (Å²) in [7, 11) is -1.04. The van der Waals surface area contributed by atoms with Gasteiger partial charge in [0.25, 0.3) is 5.91 Å². The van der Waals surface area contributed by atoms with Gasteiger partial charge in [0.1, 0.15) is 4.90 Å². The second-order valence-corrected chi connectivity index (χ2v) is 8.02. The number of nitrogens with one attached hydrogen (secondary N) is 1. The number of nitrogens with zero attached hydrogens (tertiary/aromatic N) is 2. The van der Waals surface area contributed by atoms with Crippen molar-refractivity contribution < 1.29 is 13.2 Å². The van der Waals surface area contributed by atoms with Gasteiger partial charge < -0.3 is 5.32 Å². The number of aromatic nitrogens is 1. The van der Waals surface area contributed by atoms with Gasteiger partial charge in [0, 0.05) is 33.0 Å². The summed E-state index contributed by atoms with van der Waals surface area (Å²) in [5, 5.41) is 2.71. The van der Waals surface area contributed by atoms with Gasteiger partial charge in [-0.05, 0) is 29.8 Å². The summed E-state index contributed by atoms with van der Waals surface area (Å²) >= 11 is 12.0. The van der Waals surface area contributed by atoms with Crippen LogP contribution in [-0.4, -0.2) is 37.7 Å². The summed E-state index contributed by atoms with van der Waals surface area (Å²) in [6.07, 6.45) is 3.22. The Morgan fingerprint density at radius 2 is 1.79 bits per heavy atom. The van der Waals surface area contributed by atoms with Crippen molar-refractivity contribution in [3.8, 4) is 0 Å². The molecule has 0 atom stereocenters. The van der Waals surface area contributed by atoms with E-state index in [-0.39, 0.29) is 27.0 Å². The van der Waals surface area contributed by atoms with E-state index >= 15 is 0 Å². The Morgan fingerprint density at radius 1 is 1.17 bits per heavy atom. The molecule has 0 aliphatic carbocycles. The maximum atomic E-state index is 12.3. The zero-order chi connectivity index (χ0) is 17.9. The number of hydrogen-bond donors (Lipinski definition) is 1. The third kappa shape index (κ3) is 4.05. The van der Waals surface area contributed by atoms with E-state index in [1.54, 1.807) is 24.5 Å². The summed E-state index contributed by atoms with van der Waals surface area (Å²) in [5.74, 6) is -0.497. The highest BCUT2D eigenvalue weighted by atomic mass is 35.5. The molecule has 0 saturated carbocycles. The van der Waals surface area contributed by atoms with E-state index in [9.17, 15) is 13.2 Å². The number of amides is 1. The van der Waals surface area contributed by atoms with Gasteiger partial charge in [-0.25, -0.2) is 12.7 Å². The lowest BCUT2D eigenvalue weighted by Gasteiger charge is -2.15. The first-order valence-corrected chi connectivity index (χ1v) is 9.01. The summed E-state index contributed by atoms with van der Waals surface area (Å²) in [4.78, 5) is 16.1. The Hall–Kier alpha value is -1.67. The highest BCUT2D eigenvalue weighted by Gasteiger charge is 2.24. The van der Waals surface area contributed by atoms with E-state index in [4.69, 9.17) is 23.2 Å². The average molecular weight is 388 g/mol. The van der Waals surface area contributed by atoms with Gasteiger partial charge in [0.15, 0.2) is 0 Å². The minimum Gasteiger partial charge on any atom is -0.348 e. The molecule has 0 bridgehead atoms. The molecule has 24 heavy (non-hydrogen) atoms. The van der Waals surface area contributed by atoms with E-state index in [1.165, 1.54) is 26.2 Å². The van der Waals surface area contributed by atoms with E-state index in [1.807, 2.05) is 0 Å². The number of halogens is 2. The minimum atomic E-state index is -3.79. The number of rotatable bonds is 5. The first kappa shape index (κ1) is 18.7. The van der Waals surface area contributed by atoms with Crippen LogP contribution >= 0.6 is 23.2 Å². The molecule has 2 rings (SSSR count). The fourth-order valence-corrected chi connectivity index (χ4v) is 3.60. The Labute approximate surface area is 150 Å². The molecule has 1 N–H and O–H groups in total. The van der Waals surface area contributed by atoms with Crippen LogP contribution in [0.15, 0.2) is 41.6 Å². The third-order valence-corrected chi connectivity index (χ3v) is 5.82. The highest BCUT2D eigenvalue weighted by Crippen LogP contribution is 2.30.